The van der Waals surface area contributed by atoms with Gasteiger partial charge in [-0.2, -0.15) is 5.10 Å². The molecule has 1 amide bonds. The third-order valence-corrected chi connectivity index (χ3v) is 4.86. The molecule has 0 radical (unpaired) electrons. The maximum Gasteiger partial charge on any atom is 0.276 e. The van der Waals surface area contributed by atoms with Gasteiger partial charge in [-0.3, -0.25) is 9.48 Å². The minimum absolute atomic E-state index is 0.128. The molecule has 0 saturated carbocycles. The largest absolute Gasteiger partial charge is 0.495 e. The number of para-hydroxylation sites is 2. The van der Waals surface area contributed by atoms with E-state index in [-0.39, 0.29) is 11.7 Å². The third-order valence-electron chi connectivity index (χ3n) is 4.86. The molecule has 1 aliphatic heterocycles. The quantitative estimate of drug-likeness (QED) is 0.681. The fourth-order valence-electron chi connectivity index (χ4n) is 3.47. The normalized spacial score (nSPS) is 13.4. The zero-order chi connectivity index (χ0) is 19.7. The van der Waals surface area contributed by atoms with Crippen molar-refractivity contribution < 1.29 is 13.9 Å². The van der Waals surface area contributed by atoms with Crippen LogP contribution in [0.4, 0.5) is 15.8 Å². The summed E-state index contributed by atoms with van der Waals surface area (Å²) in [6.45, 7) is 1.64. The molecule has 2 heterocycles. The zero-order valence-electron chi connectivity index (χ0n) is 15.8. The Labute approximate surface area is 162 Å². The Morgan fingerprint density at radius 1 is 1.14 bits per heavy atom. The van der Waals surface area contributed by atoms with Crippen LogP contribution in [0.2, 0.25) is 0 Å². The van der Waals surface area contributed by atoms with Crippen molar-refractivity contribution in [3.63, 3.8) is 0 Å². The number of anilines is 2. The van der Waals surface area contributed by atoms with Gasteiger partial charge in [-0.25, -0.2) is 4.39 Å². The second-order valence-corrected chi connectivity index (χ2v) is 6.71. The lowest BCUT2D eigenvalue weighted by molar-refractivity contribution is 0.0962. The molecule has 0 aliphatic carbocycles. The summed E-state index contributed by atoms with van der Waals surface area (Å²) in [5, 5.41) is 4.59. The summed E-state index contributed by atoms with van der Waals surface area (Å²) in [4.78, 5) is 16.6. The summed E-state index contributed by atoms with van der Waals surface area (Å²) in [7, 11) is 3.60. The molecule has 0 atom stereocenters. The minimum Gasteiger partial charge on any atom is -0.495 e. The summed E-state index contributed by atoms with van der Waals surface area (Å²) in [5.41, 5.74) is 2.98. The summed E-state index contributed by atoms with van der Waals surface area (Å²) in [5.74, 6) is 0.337. The molecular formula is C21H21FN4O2. The second kappa shape index (κ2) is 7.34. The number of rotatable bonds is 5. The van der Waals surface area contributed by atoms with Crippen molar-refractivity contribution in [2.75, 3.05) is 30.5 Å². The van der Waals surface area contributed by atoms with Crippen molar-refractivity contribution >= 4 is 17.3 Å². The van der Waals surface area contributed by atoms with Crippen molar-refractivity contribution in [3.8, 4) is 5.75 Å². The number of carbonyl (C=O) groups excluding carboxylic acids is 1. The van der Waals surface area contributed by atoms with Gasteiger partial charge in [0.05, 0.1) is 31.6 Å². The van der Waals surface area contributed by atoms with Crippen molar-refractivity contribution in [2.45, 2.75) is 13.1 Å². The van der Waals surface area contributed by atoms with Crippen molar-refractivity contribution in [1.82, 2.24) is 9.78 Å². The number of halogens is 1. The Morgan fingerprint density at radius 2 is 1.89 bits per heavy atom. The second-order valence-electron chi connectivity index (χ2n) is 6.71. The van der Waals surface area contributed by atoms with Gasteiger partial charge in [0, 0.05) is 19.3 Å². The molecule has 0 spiro atoms. The van der Waals surface area contributed by atoms with Gasteiger partial charge in [-0.15, -0.1) is 0 Å². The Balaban J connectivity index is 1.55. The van der Waals surface area contributed by atoms with E-state index in [1.54, 1.807) is 28.8 Å². The smallest absolute Gasteiger partial charge is 0.276 e. The summed E-state index contributed by atoms with van der Waals surface area (Å²) in [6, 6.07) is 15.6. The van der Waals surface area contributed by atoms with Crippen molar-refractivity contribution in [3.05, 3.63) is 71.8 Å². The van der Waals surface area contributed by atoms with E-state index < -0.39 is 0 Å². The molecule has 144 valence electrons. The van der Waals surface area contributed by atoms with Crippen LogP contribution >= 0.6 is 0 Å². The number of hydrogen-bond acceptors (Lipinski definition) is 4. The molecule has 28 heavy (non-hydrogen) atoms. The molecule has 0 N–H and O–H groups in total. The van der Waals surface area contributed by atoms with E-state index >= 15 is 0 Å². The molecule has 3 aromatic rings. The lowest BCUT2D eigenvalue weighted by atomic mass is 10.2. The molecule has 0 bridgehead atoms. The fourth-order valence-corrected chi connectivity index (χ4v) is 3.47. The van der Waals surface area contributed by atoms with E-state index in [1.165, 1.54) is 12.1 Å². The molecule has 1 aliphatic rings. The number of carbonyl (C=O) groups is 1. The maximum atomic E-state index is 13.2. The summed E-state index contributed by atoms with van der Waals surface area (Å²) >= 11 is 0. The van der Waals surface area contributed by atoms with E-state index in [1.807, 2.05) is 42.3 Å². The van der Waals surface area contributed by atoms with Gasteiger partial charge in [0.1, 0.15) is 17.3 Å². The van der Waals surface area contributed by atoms with Crippen LogP contribution in [0.15, 0.2) is 54.6 Å². The Kier molecular flexibility index (Phi) is 4.73. The summed E-state index contributed by atoms with van der Waals surface area (Å²) in [6.07, 6.45) is 0. The van der Waals surface area contributed by atoms with Crippen molar-refractivity contribution in [1.29, 1.82) is 0 Å². The van der Waals surface area contributed by atoms with Crippen LogP contribution in [0, 0.1) is 5.82 Å². The molecule has 0 unspecified atom stereocenters. The SMILES string of the molecule is COc1ccccc1N(C)Cc1cc2n(n1)CCN(c1ccc(F)cc1)C2=O. The van der Waals surface area contributed by atoms with E-state index in [2.05, 4.69) is 5.10 Å². The number of fused-ring (bicyclic) bond motifs is 1. The molecule has 7 heteroatoms. The predicted octanol–water partition coefficient (Wildman–Crippen LogP) is 3.33. The zero-order valence-corrected chi connectivity index (χ0v) is 15.8. The third kappa shape index (κ3) is 3.31. The van der Waals surface area contributed by atoms with E-state index in [0.717, 1.165) is 17.1 Å². The number of nitrogens with zero attached hydrogens (tertiary/aromatic N) is 4. The first kappa shape index (κ1) is 18.0. The van der Waals surface area contributed by atoms with Crippen LogP contribution in [0.5, 0.6) is 5.75 Å². The molecular weight excluding hydrogens is 359 g/mol. The molecule has 1 aromatic heterocycles. The first-order chi connectivity index (χ1) is 13.6. The average molecular weight is 380 g/mol. The predicted molar refractivity (Wildman–Crippen MR) is 105 cm³/mol. The van der Waals surface area contributed by atoms with Crippen LogP contribution in [0.3, 0.4) is 0 Å². The topological polar surface area (TPSA) is 50.6 Å². The Morgan fingerprint density at radius 3 is 2.64 bits per heavy atom. The number of benzene rings is 2. The highest BCUT2D eigenvalue weighted by molar-refractivity contribution is 6.05. The van der Waals surface area contributed by atoms with Crippen LogP contribution in [0.25, 0.3) is 0 Å². The van der Waals surface area contributed by atoms with E-state index in [4.69, 9.17) is 4.74 Å². The monoisotopic (exact) mass is 380 g/mol. The van der Waals surface area contributed by atoms with Gasteiger partial charge in [0.25, 0.3) is 5.91 Å². The Hall–Kier alpha value is -3.35. The van der Waals surface area contributed by atoms with E-state index in [9.17, 15) is 9.18 Å². The molecule has 6 nitrogen and oxygen atoms in total. The van der Waals surface area contributed by atoms with Gasteiger partial charge in [-0.1, -0.05) is 12.1 Å². The summed E-state index contributed by atoms with van der Waals surface area (Å²) < 4.78 is 20.3. The average Bonchev–Trinajstić information content (AvgIpc) is 3.12. The molecule has 0 fully saturated rings. The van der Waals surface area contributed by atoms with Crippen molar-refractivity contribution in [2.24, 2.45) is 0 Å². The van der Waals surface area contributed by atoms with Crippen LogP contribution < -0.4 is 14.5 Å². The fraction of sp³-hybridized carbons (Fsp3) is 0.238. The highest BCUT2D eigenvalue weighted by atomic mass is 19.1. The number of aromatic nitrogens is 2. The number of ether oxygens (including phenoxy) is 1. The van der Waals surface area contributed by atoms with Gasteiger partial charge in [-0.05, 0) is 42.5 Å². The van der Waals surface area contributed by atoms with Gasteiger partial charge < -0.3 is 14.5 Å². The van der Waals surface area contributed by atoms with Gasteiger partial charge in [0.2, 0.25) is 0 Å². The number of hydrogen-bond donors (Lipinski definition) is 0. The number of methoxy groups -OCH3 is 1. The lowest BCUT2D eigenvalue weighted by Gasteiger charge is -2.27. The Bertz CT molecular complexity index is 1000. The molecule has 0 saturated heterocycles. The minimum atomic E-state index is -0.320. The highest BCUT2D eigenvalue weighted by Crippen LogP contribution is 2.28. The van der Waals surface area contributed by atoms with Gasteiger partial charge >= 0.3 is 0 Å². The lowest BCUT2D eigenvalue weighted by Crippen LogP contribution is -2.40. The van der Waals surface area contributed by atoms with E-state index in [0.29, 0.717) is 31.0 Å². The first-order valence-electron chi connectivity index (χ1n) is 9.05. The number of amides is 1. The molecule has 4 rings (SSSR count). The maximum absolute atomic E-state index is 13.2. The highest BCUT2D eigenvalue weighted by Gasteiger charge is 2.27. The standard InChI is InChI=1S/C21H21FN4O2/c1-24(18-5-3-4-6-20(18)28-2)14-16-13-19-21(27)25(11-12-26(19)23-16)17-9-7-15(22)8-10-17/h3-10,13H,11-12,14H2,1-2H3. The first-order valence-corrected chi connectivity index (χ1v) is 9.05. The van der Waals surface area contributed by atoms with Gasteiger partial charge in [0.15, 0.2) is 0 Å². The van der Waals surface area contributed by atoms with Crippen LogP contribution in [-0.4, -0.2) is 36.4 Å². The van der Waals surface area contributed by atoms with Crippen LogP contribution in [-0.2, 0) is 13.1 Å². The van der Waals surface area contributed by atoms with Crippen LogP contribution in [0.1, 0.15) is 16.2 Å². The molecule has 2 aromatic carbocycles.